The lowest BCUT2D eigenvalue weighted by molar-refractivity contribution is -0.151. The molecule has 27 heavy (non-hydrogen) atoms. The number of para-hydroxylation sites is 1. The molecule has 0 aliphatic heterocycles. The second-order valence-electron chi connectivity index (χ2n) is 6.02. The molecule has 0 aliphatic carbocycles. The molecule has 0 saturated heterocycles. The summed E-state index contributed by atoms with van der Waals surface area (Å²) in [6.07, 6.45) is 0.742. The molecule has 1 amide bonds. The van der Waals surface area contributed by atoms with Crippen molar-refractivity contribution in [2.24, 2.45) is 0 Å². The molecule has 2 aromatic rings. The number of nitrogens with zero attached hydrogens (tertiary/aromatic N) is 1. The lowest BCUT2D eigenvalue weighted by Gasteiger charge is -2.17. The molecule has 0 heterocycles. The summed E-state index contributed by atoms with van der Waals surface area (Å²) in [6.45, 7) is 0.598. The zero-order chi connectivity index (χ0) is 19.5. The van der Waals surface area contributed by atoms with E-state index in [0.29, 0.717) is 19.6 Å². The minimum absolute atomic E-state index is 0.211. The molecule has 6 heteroatoms. The van der Waals surface area contributed by atoms with Crippen molar-refractivity contribution in [3.8, 4) is 11.5 Å². The third kappa shape index (κ3) is 7.40. The van der Waals surface area contributed by atoms with Crippen molar-refractivity contribution < 1.29 is 23.8 Å². The topological polar surface area (TPSA) is 65.1 Å². The Morgan fingerprint density at radius 3 is 2.33 bits per heavy atom. The van der Waals surface area contributed by atoms with Crippen LogP contribution in [-0.4, -0.2) is 44.1 Å². The summed E-state index contributed by atoms with van der Waals surface area (Å²) in [5.74, 6) is 0.872. The number of carbonyl (C=O) groups is 2. The number of ether oxygens (including phenoxy) is 3. The second-order valence-corrected chi connectivity index (χ2v) is 6.02. The van der Waals surface area contributed by atoms with Gasteiger partial charge in [0.1, 0.15) is 11.5 Å². The van der Waals surface area contributed by atoms with E-state index in [1.54, 1.807) is 14.2 Å². The Hall–Kier alpha value is -3.02. The first kappa shape index (κ1) is 20.3. The van der Waals surface area contributed by atoms with Crippen LogP contribution in [-0.2, 0) is 20.9 Å². The molecule has 144 valence electrons. The summed E-state index contributed by atoms with van der Waals surface area (Å²) in [5, 5.41) is 0. The quantitative estimate of drug-likeness (QED) is 0.474. The van der Waals surface area contributed by atoms with Crippen LogP contribution < -0.4 is 9.47 Å². The highest BCUT2D eigenvalue weighted by Gasteiger charge is 2.12. The summed E-state index contributed by atoms with van der Waals surface area (Å²) in [6, 6.07) is 16.9. The van der Waals surface area contributed by atoms with Crippen LogP contribution in [0.5, 0.6) is 11.5 Å². The summed E-state index contributed by atoms with van der Waals surface area (Å²) >= 11 is 0. The minimum Gasteiger partial charge on any atom is -0.497 e. The van der Waals surface area contributed by atoms with E-state index in [9.17, 15) is 9.59 Å². The minimum atomic E-state index is -0.405. The van der Waals surface area contributed by atoms with Gasteiger partial charge in [-0.25, -0.2) is 0 Å². The van der Waals surface area contributed by atoms with Gasteiger partial charge < -0.3 is 19.1 Å². The highest BCUT2D eigenvalue weighted by molar-refractivity contribution is 5.80. The lowest BCUT2D eigenvalue weighted by Crippen LogP contribution is -2.30. The molecule has 2 aromatic carbocycles. The van der Waals surface area contributed by atoms with E-state index in [1.807, 2.05) is 54.6 Å². The van der Waals surface area contributed by atoms with E-state index >= 15 is 0 Å². The number of benzene rings is 2. The Balaban J connectivity index is 1.62. The van der Waals surface area contributed by atoms with Crippen LogP contribution in [0.15, 0.2) is 54.6 Å². The molecule has 0 saturated carbocycles. The van der Waals surface area contributed by atoms with E-state index in [1.165, 1.54) is 4.90 Å². The highest BCUT2D eigenvalue weighted by atomic mass is 16.5. The molecule has 0 spiro atoms. The molecular formula is C21H25NO5. The van der Waals surface area contributed by atoms with E-state index in [4.69, 9.17) is 14.2 Å². The third-order valence-electron chi connectivity index (χ3n) is 3.90. The lowest BCUT2D eigenvalue weighted by atomic mass is 10.2. The van der Waals surface area contributed by atoms with Crippen LogP contribution in [0.3, 0.4) is 0 Å². The summed E-state index contributed by atoms with van der Waals surface area (Å²) in [4.78, 5) is 25.4. The first-order valence-corrected chi connectivity index (χ1v) is 8.79. The van der Waals surface area contributed by atoms with E-state index in [2.05, 4.69) is 0 Å². The van der Waals surface area contributed by atoms with Crippen molar-refractivity contribution >= 4 is 11.9 Å². The zero-order valence-corrected chi connectivity index (χ0v) is 15.7. The van der Waals surface area contributed by atoms with Crippen molar-refractivity contribution in [1.29, 1.82) is 0 Å². The first-order chi connectivity index (χ1) is 13.1. The molecule has 0 bridgehead atoms. The van der Waals surface area contributed by atoms with Crippen molar-refractivity contribution in [3.05, 3.63) is 60.2 Å². The van der Waals surface area contributed by atoms with E-state index in [0.717, 1.165) is 17.1 Å². The Labute approximate surface area is 159 Å². The number of esters is 1. The van der Waals surface area contributed by atoms with Crippen LogP contribution in [0, 0.1) is 0 Å². The molecular weight excluding hydrogens is 346 g/mol. The van der Waals surface area contributed by atoms with Crippen molar-refractivity contribution in [2.45, 2.75) is 19.4 Å². The van der Waals surface area contributed by atoms with Crippen molar-refractivity contribution in [1.82, 2.24) is 4.90 Å². The second kappa shape index (κ2) is 10.9. The van der Waals surface area contributed by atoms with Gasteiger partial charge in [0.05, 0.1) is 13.7 Å². The van der Waals surface area contributed by atoms with E-state index < -0.39 is 5.97 Å². The monoisotopic (exact) mass is 371 g/mol. The Kier molecular flexibility index (Phi) is 8.16. The first-order valence-electron chi connectivity index (χ1n) is 8.79. The third-order valence-corrected chi connectivity index (χ3v) is 3.90. The van der Waals surface area contributed by atoms with Crippen LogP contribution >= 0.6 is 0 Å². The van der Waals surface area contributed by atoms with Crippen LogP contribution in [0.1, 0.15) is 18.4 Å². The number of carbonyl (C=O) groups excluding carboxylic acids is 2. The smallest absolute Gasteiger partial charge is 0.306 e. The predicted molar refractivity (Wildman–Crippen MR) is 102 cm³/mol. The maximum Gasteiger partial charge on any atom is 0.306 e. The molecule has 0 aliphatic rings. The highest BCUT2D eigenvalue weighted by Crippen LogP contribution is 2.13. The van der Waals surface area contributed by atoms with Gasteiger partial charge in [-0.05, 0) is 36.2 Å². The standard InChI is InChI=1S/C21H25NO5/c1-22(15-17-10-12-18(25-2)13-11-17)20(23)16-27-21(24)9-6-14-26-19-7-4-3-5-8-19/h3-5,7-8,10-13H,6,9,14-16H2,1-2H3. The normalized spacial score (nSPS) is 10.1. The Morgan fingerprint density at radius 2 is 1.67 bits per heavy atom. The van der Waals surface area contributed by atoms with Gasteiger partial charge in [0, 0.05) is 20.0 Å². The van der Waals surface area contributed by atoms with Gasteiger partial charge in [-0.15, -0.1) is 0 Å². The fourth-order valence-corrected chi connectivity index (χ4v) is 2.34. The molecule has 2 rings (SSSR count). The summed E-state index contributed by atoms with van der Waals surface area (Å²) in [7, 11) is 3.28. The van der Waals surface area contributed by atoms with Crippen LogP contribution in [0.2, 0.25) is 0 Å². The van der Waals surface area contributed by atoms with Gasteiger partial charge in [0.15, 0.2) is 6.61 Å². The van der Waals surface area contributed by atoms with E-state index in [-0.39, 0.29) is 18.9 Å². The molecule has 6 nitrogen and oxygen atoms in total. The van der Waals surface area contributed by atoms with Gasteiger partial charge in [0.25, 0.3) is 5.91 Å². The van der Waals surface area contributed by atoms with Gasteiger partial charge in [0.2, 0.25) is 0 Å². The van der Waals surface area contributed by atoms with Crippen LogP contribution in [0.25, 0.3) is 0 Å². The molecule has 0 N–H and O–H groups in total. The number of hydrogen-bond donors (Lipinski definition) is 0. The molecule has 0 unspecified atom stereocenters. The number of amides is 1. The molecule has 0 aromatic heterocycles. The number of methoxy groups -OCH3 is 1. The summed E-state index contributed by atoms with van der Waals surface area (Å²) in [5.41, 5.74) is 0.969. The van der Waals surface area contributed by atoms with Gasteiger partial charge in [-0.3, -0.25) is 9.59 Å². The van der Waals surface area contributed by atoms with Gasteiger partial charge >= 0.3 is 5.97 Å². The fourth-order valence-electron chi connectivity index (χ4n) is 2.34. The summed E-state index contributed by atoms with van der Waals surface area (Å²) < 4.78 is 15.7. The Morgan fingerprint density at radius 1 is 0.963 bits per heavy atom. The molecule has 0 atom stereocenters. The van der Waals surface area contributed by atoms with Crippen molar-refractivity contribution in [3.63, 3.8) is 0 Å². The average molecular weight is 371 g/mol. The Bertz CT molecular complexity index is 715. The predicted octanol–water partition coefficient (Wildman–Crippen LogP) is 3.06. The zero-order valence-electron chi connectivity index (χ0n) is 15.7. The molecule has 0 fully saturated rings. The number of hydrogen-bond acceptors (Lipinski definition) is 5. The van der Waals surface area contributed by atoms with Crippen molar-refractivity contribution in [2.75, 3.05) is 27.4 Å². The maximum atomic E-state index is 12.1. The number of likely N-dealkylation sites (N-methyl/N-ethyl adjacent to an activating group) is 1. The largest absolute Gasteiger partial charge is 0.497 e. The van der Waals surface area contributed by atoms with Gasteiger partial charge in [-0.1, -0.05) is 30.3 Å². The fraction of sp³-hybridized carbons (Fsp3) is 0.333. The maximum absolute atomic E-state index is 12.1. The SMILES string of the molecule is COc1ccc(CN(C)C(=O)COC(=O)CCCOc2ccccc2)cc1. The number of rotatable bonds is 10. The molecule has 0 radical (unpaired) electrons. The van der Waals surface area contributed by atoms with Crippen LogP contribution in [0.4, 0.5) is 0 Å². The average Bonchev–Trinajstić information content (AvgIpc) is 2.70. The van der Waals surface area contributed by atoms with Gasteiger partial charge in [-0.2, -0.15) is 0 Å².